The van der Waals surface area contributed by atoms with Gasteiger partial charge in [0, 0.05) is 47.2 Å². The van der Waals surface area contributed by atoms with Crippen LogP contribution in [0.2, 0.25) is 0 Å². The first-order valence-corrected chi connectivity index (χ1v) is 13.3. The van der Waals surface area contributed by atoms with Crippen LogP contribution in [0.4, 0.5) is 21.9 Å². The number of H-pyrrole nitrogens is 1. The molecule has 0 spiro atoms. The Morgan fingerprint density at radius 1 is 1.05 bits per heavy atom. The number of nitrogens with one attached hydrogen (secondary N) is 2. The van der Waals surface area contributed by atoms with Gasteiger partial charge in [-0.1, -0.05) is 6.07 Å². The Balaban J connectivity index is 1.37. The Kier molecular flexibility index (Phi) is 8.07. The van der Waals surface area contributed by atoms with Gasteiger partial charge in [0.2, 0.25) is 5.75 Å². The third-order valence-electron chi connectivity index (χ3n) is 7.01. The molecule has 1 unspecified atom stereocenters. The van der Waals surface area contributed by atoms with Crippen LogP contribution in [0.1, 0.15) is 27.5 Å². The van der Waals surface area contributed by atoms with Gasteiger partial charge in [0.15, 0.2) is 11.5 Å². The number of fused-ring (bicyclic) bond motifs is 2. The predicted octanol–water partition coefficient (Wildman–Crippen LogP) is 5.83. The summed E-state index contributed by atoms with van der Waals surface area (Å²) in [6, 6.07) is 14.4. The average Bonchev–Trinajstić information content (AvgIpc) is 3.60. The number of amides is 2. The van der Waals surface area contributed by atoms with E-state index >= 15 is 0 Å². The van der Waals surface area contributed by atoms with Crippen LogP contribution in [0.15, 0.2) is 54.6 Å². The first-order valence-electron chi connectivity index (χ1n) is 12.8. The number of ether oxygens (including phenoxy) is 4. The van der Waals surface area contributed by atoms with E-state index in [1.807, 2.05) is 6.07 Å². The maximum absolute atomic E-state index is 13.8. The minimum absolute atomic E-state index is 0.0540. The van der Waals surface area contributed by atoms with Crippen LogP contribution in [0, 0.1) is 10.1 Å². The molecular weight excluding hydrogens is 568 g/mol. The molecule has 218 valence electrons. The summed E-state index contributed by atoms with van der Waals surface area (Å²) in [6.45, 7) is 0.276. The molecule has 0 bridgehead atoms. The summed E-state index contributed by atoms with van der Waals surface area (Å²) < 4.78 is 21.7. The molecule has 0 fully saturated rings. The number of methoxy groups -OCH3 is 3. The maximum atomic E-state index is 13.8. The number of nitro groups is 1. The van der Waals surface area contributed by atoms with Gasteiger partial charge >= 0.3 is 6.09 Å². The van der Waals surface area contributed by atoms with Crippen molar-refractivity contribution in [1.29, 1.82) is 0 Å². The van der Waals surface area contributed by atoms with E-state index in [1.165, 1.54) is 45.6 Å². The Hall–Kier alpha value is -4.97. The summed E-state index contributed by atoms with van der Waals surface area (Å²) in [4.78, 5) is 41.4. The highest BCUT2D eigenvalue weighted by Crippen LogP contribution is 2.44. The monoisotopic (exact) mass is 594 g/mol. The fourth-order valence-corrected chi connectivity index (χ4v) is 5.23. The molecule has 0 saturated heterocycles. The first-order chi connectivity index (χ1) is 20.3. The zero-order valence-corrected chi connectivity index (χ0v) is 23.7. The molecular formula is C29H27ClN4O8. The minimum Gasteiger partial charge on any atom is -0.493 e. The second-order valence-electron chi connectivity index (χ2n) is 9.46. The van der Waals surface area contributed by atoms with Gasteiger partial charge in [0.1, 0.15) is 12.3 Å². The Morgan fingerprint density at radius 3 is 2.43 bits per heavy atom. The standard InChI is InChI=1S/C29H27ClN4O8/c1-39-24-11-17-10-22(32-25(17)27(41-3)26(24)40-2)28(35)33-14-18(13-30)21-9-6-19(12-23(21)33)31-29(36)42-15-16-4-7-20(8-5-16)34(37)38/h4-12,18,32H,13-15H2,1-3H3,(H,31,36). The number of benzene rings is 3. The molecule has 2 amide bonds. The van der Waals surface area contributed by atoms with Gasteiger partial charge in [-0.15, -0.1) is 11.6 Å². The number of carbonyl (C=O) groups excluding carboxylic acids is 2. The molecule has 1 aliphatic heterocycles. The number of nitro benzene ring substituents is 1. The molecule has 0 saturated carbocycles. The zero-order valence-electron chi connectivity index (χ0n) is 22.9. The third kappa shape index (κ3) is 5.36. The van der Waals surface area contributed by atoms with Crippen LogP contribution in [0.3, 0.4) is 0 Å². The normalized spacial score (nSPS) is 13.9. The van der Waals surface area contributed by atoms with Gasteiger partial charge in [-0.25, -0.2) is 4.79 Å². The van der Waals surface area contributed by atoms with E-state index in [4.69, 9.17) is 30.5 Å². The van der Waals surface area contributed by atoms with Gasteiger partial charge in [0.05, 0.1) is 31.8 Å². The van der Waals surface area contributed by atoms with Crippen LogP contribution in [-0.2, 0) is 11.3 Å². The van der Waals surface area contributed by atoms with Crippen LogP contribution in [0.5, 0.6) is 17.2 Å². The van der Waals surface area contributed by atoms with Crippen LogP contribution in [-0.4, -0.2) is 55.7 Å². The number of anilines is 2. The van der Waals surface area contributed by atoms with E-state index < -0.39 is 11.0 Å². The molecule has 1 atom stereocenters. The van der Waals surface area contributed by atoms with Gasteiger partial charge in [0.25, 0.3) is 11.6 Å². The molecule has 3 aromatic carbocycles. The summed E-state index contributed by atoms with van der Waals surface area (Å²) in [5.74, 6) is 1.18. The fourth-order valence-electron chi connectivity index (χ4n) is 4.96. The summed E-state index contributed by atoms with van der Waals surface area (Å²) in [5.41, 5.74) is 3.35. The van der Waals surface area contributed by atoms with Crippen molar-refractivity contribution in [1.82, 2.24) is 4.98 Å². The smallest absolute Gasteiger partial charge is 0.411 e. The van der Waals surface area contributed by atoms with Crippen molar-refractivity contribution < 1.29 is 33.5 Å². The summed E-state index contributed by atoms with van der Waals surface area (Å²) in [6.07, 6.45) is -0.719. The molecule has 4 aromatic rings. The molecule has 1 aromatic heterocycles. The highest BCUT2D eigenvalue weighted by Gasteiger charge is 2.34. The first kappa shape index (κ1) is 28.6. The summed E-state index contributed by atoms with van der Waals surface area (Å²) >= 11 is 6.26. The van der Waals surface area contributed by atoms with Gasteiger partial charge < -0.3 is 28.8 Å². The fraction of sp³-hybridized carbons (Fsp3) is 0.241. The van der Waals surface area contributed by atoms with E-state index in [0.717, 1.165) is 5.56 Å². The summed E-state index contributed by atoms with van der Waals surface area (Å²) in [5, 5.41) is 14.2. The molecule has 0 aliphatic carbocycles. The molecule has 2 heterocycles. The number of nitrogens with zero attached hydrogens (tertiary/aromatic N) is 2. The number of non-ortho nitro benzene ring substituents is 1. The van der Waals surface area contributed by atoms with Gasteiger partial charge in [-0.2, -0.15) is 0 Å². The molecule has 12 nitrogen and oxygen atoms in total. The molecule has 42 heavy (non-hydrogen) atoms. The number of aromatic amines is 1. The number of alkyl halides is 1. The topological polar surface area (TPSA) is 145 Å². The van der Waals surface area contributed by atoms with Gasteiger partial charge in [-0.3, -0.25) is 20.2 Å². The zero-order chi connectivity index (χ0) is 30.0. The highest BCUT2D eigenvalue weighted by molar-refractivity contribution is 6.19. The van der Waals surface area contributed by atoms with Crippen molar-refractivity contribution in [2.75, 3.05) is 44.0 Å². The van der Waals surface area contributed by atoms with Crippen molar-refractivity contribution in [3.8, 4) is 17.2 Å². The largest absolute Gasteiger partial charge is 0.493 e. The third-order valence-corrected chi connectivity index (χ3v) is 7.38. The lowest BCUT2D eigenvalue weighted by molar-refractivity contribution is -0.384. The molecule has 13 heteroatoms. The number of aromatic nitrogens is 1. The Bertz CT molecular complexity index is 1670. The molecule has 2 N–H and O–H groups in total. The molecule has 1 aliphatic rings. The second-order valence-corrected chi connectivity index (χ2v) is 9.77. The lowest BCUT2D eigenvalue weighted by Gasteiger charge is -2.18. The second kappa shape index (κ2) is 11.9. The van der Waals surface area contributed by atoms with Crippen LogP contribution < -0.4 is 24.4 Å². The van der Waals surface area contributed by atoms with E-state index in [0.29, 0.717) is 63.2 Å². The number of hydrogen-bond acceptors (Lipinski definition) is 8. The number of halogens is 1. The Labute approximate surface area is 245 Å². The van der Waals surface area contributed by atoms with E-state index in [1.54, 1.807) is 29.2 Å². The quantitative estimate of drug-likeness (QED) is 0.140. The van der Waals surface area contributed by atoms with E-state index in [9.17, 15) is 19.7 Å². The maximum Gasteiger partial charge on any atom is 0.411 e. The predicted molar refractivity (Wildman–Crippen MR) is 156 cm³/mol. The molecule has 0 radical (unpaired) electrons. The number of hydrogen-bond donors (Lipinski definition) is 2. The van der Waals surface area contributed by atoms with Crippen molar-refractivity contribution in [2.45, 2.75) is 12.5 Å². The summed E-state index contributed by atoms with van der Waals surface area (Å²) in [7, 11) is 4.53. The van der Waals surface area contributed by atoms with Crippen molar-refractivity contribution in [3.63, 3.8) is 0 Å². The minimum atomic E-state index is -0.719. The van der Waals surface area contributed by atoms with E-state index in [2.05, 4.69) is 10.3 Å². The number of rotatable bonds is 9. The van der Waals surface area contributed by atoms with Crippen LogP contribution >= 0.6 is 11.6 Å². The molecule has 5 rings (SSSR count). The lowest BCUT2D eigenvalue weighted by Crippen LogP contribution is -2.30. The Morgan fingerprint density at radius 2 is 1.79 bits per heavy atom. The number of carbonyl (C=O) groups is 2. The lowest BCUT2D eigenvalue weighted by atomic mass is 10.0. The highest BCUT2D eigenvalue weighted by atomic mass is 35.5. The van der Waals surface area contributed by atoms with Gasteiger partial charge in [-0.05, 0) is 47.5 Å². The SMILES string of the molecule is COc1cc2cc(C(=O)N3CC(CCl)c4ccc(NC(=O)OCc5ccc([N+](=O)[O-])cc5)cc43)[nH]c2c(OC)c1OC. The van der Waals surface area contributed by atoms with Crippen molar-refractivity contribution in [2.24, 2.45) is 0 Å². The van der Waals surface area contributed by atoms with Crippen molar-refractivity contribution in [3.05, 3.63) is 81.5 Å². The average molecular weight is 595 g/mol. The van der Waals surface area contributed by atoms with Crippen LogP contribution in [0.25, 0.3) is 10.9 Å². The van der Waals surface area contributed by atoms with Crippen molar-refractivity contribution >= 4 is 51.6 Å². The van der Waals surface area contributed by atoms with E-state index in [-0.39, 0.29) is 24.1 Å².